The van der Waals surface area contributed by atoms with Crippen LogP contribution in [0.1, 0.15) is 12.8 Å². The lowest BCUT2D eigenvalue weighted by Gasteiger charge is -2.11. The van der Waals surface area contributed by atoms with E-state index in [1.165, 1.54) is 11.8 Å². The molecule has 2 aromatic carbocycles. The first kappa shape index (κ1) is 17.8. The molecule has 0 spiro atoms. The Labute approximate surface area is 160 Å². The molecular weight excluding hydrogens is 364 g/mol. The largest absolute Gasteiger partial charge is 0.376 e. The summed E-state index contributed by atoms with van der Waals surface area (Å²) in [4.78, 5) is 24.4. The van der Waals surface area contributed by atoms with Crippen LogP contribution in [-0.2, 0) is 16.1 Å². The number of hydrogen-bond acceptors (Lipinski definition) is 5. The number of rotatable bonds is 6. The van der Waals surface area contributed by atoms with Crippen LogP contribution in [0, 0.1) is 0 Å². The number of thioether (sulfide) groups is 1. The Hall–Kier alpha value is -2.58. The zero-order chi connectivity index (χ0) is 18.6. The smallest absolute Gasteiger partial charge is 0.344 e. The molecule has 0 bridgehead atoms. The predicted molar refractivity (Wildman–Crippen MR) is 105 cm³/mol. The van der Waals surface area contributed by atoms with Gasteiger partial charge in [0.2, 0.25) is 5.91 Å². The minimum Gasteiger partial charge on any atom is -0.376 e. The van der Waals surface area contributed by atoms with E-state index in [-0.39, 0.29) is 23.5 Å². The van der Waals surface area contributed by atoms with Crippen LogP contribution in [0.15, 0.2) is 52.4 Å². The molecule has 0 aliphatic carbocycles. The zero-order valence-electron chi connectivity index (χ0n) is 14.7. The highest BCUT2D eigenvalue weighted by Crippen LogP contribution is 2.24. The summed E-state index contributed by atoms with van der Waals surface area (Å²) in [6.45, 7) is 1.19. The Morgan fingerprint density at radius 2 is 2.15 bits per heavy atom. The van der Waals surface area contributed by atoms with Crippen LogP contribution in [0.3, 0.4) is 0 Å². The summed E-state index contributed by atoms with van der Waals surface area (Å²) in [6, 6.07) is 13.7. The monoisotopic (exact) mass is 384 g/mol. The van der Waals surface area contributed by atoms with Crippen LogP contribution in [0.2, 0.25) is 0 Å². The number of carbonyl (C=O) groups is 1. The fourth-order valence-corrected chi connectivity index (χ4v) is 3.97. The quantitative estimate of drug-likeness (QED) is 0.638. The normalized spacial score (nSPS) is 16.7. The second-order valence-electron chi connectivity index (χ2n) is 6.42. The highest BCUT2D eigenvalue weighted by Gasteiger charge is 2.20. The van der Waals surface area contributed by atoms with Crippen molar-refractivity contribution in [1.29, 1.82) is 0 Å². The number of carbonyl (C=O) groups excluding carboxylic acids is 1. The molecule has 0 unspecified atom stereocenters. The van der Waals surface area contributed by atoms with Crippen molar-refractivity contribution in [3.8, 4) is 0 Å². The van der Waals surface area contributed by atoms with Crippen molar-refractivity contribution in [3.63, 3.8) is 0 Å². The molecule has 140 valence electrons. The number of benzene rings is 2. The van der Waals surface area contributed by atoms with Gasteiger partial charge in [0, 0.05) is 17.7 Å². The molecule has 1 saturated heterocycles. The number of H-pyrrole nitrogens is 1. The molecule has 1 aromatic heterocycles. The molecule has 1 aliphatic heterocycles. The van der Waals surface area contributed by atoms with Crippen molar-refractivity contribution >= 4 is 34.1 Å². The topological polar surface area (TPSA) is 89.0 Å². The van der Waals surface area contributed by atoms with Gasteiger partial charge < -0.3 is 10.1 Å². The highest BCUT2D eigenvalue weighted by molar-refractivity contribution is 7.99. The average molecular weight is 384 g/mol. The second kappa shape index (κ2) is 7.98. The maximum atomic E-state index is 12.4. The third-order valence-corrected chi connectivity index (χ3v) is 5.51. The molecule has 2 heterocycles. The molecule has 8 heteroatoms. The van der Waals surface area contributed by atoms with Gasteiger partial charge in [-0.2, -0.15) is 0 Å². The number of hydrogen-bond donors (Lipinski definition) is 2. The van der Waals surface area contributed by atoms with Gasteiger partial charge in [-0.15, -0.1) is 5.10 Å². The van der Waals surface area contributed by atoms with E-state index >= 15 is 0 Å². The Kier molecular flexibility index (Phi) is 5.26. The highest BCUT2D eigenvalue weighted by atomic mass is 32.2. The number of nitrogens with one attached hydrogen (secondary N) is 2. The van der Waals surface area contributed by atoms with Crippen molar-refractivity contribution in [1.82, 2.24) is 14.8 Å². The number of nitrogens with zero attached hydrogens (tertiary/aromatic N) is 2. The molecule has 1 atom stereocenters. The van der Waals surface area contributed by atoms with E-state index in [4.69, 9.17) is 4.74 Å². The van der Waals surface area contributed by atoms with Crippen LogP contribution >= 0.6 is 11.8 Å². The predicted octanol–water partition coefficient (Wildman–Crippen LogP) is 2.63. The lowest BCUT2D eigenvalue weighted by atomic mass is 10.1. The van der Waals surface area contributed by atoms with Crippen LogP contribution in [0.5, 0.6) is 0 Å². The van der Waals surface area contributed by atoms with Crippen LogP contribution in [0.25, 0.3) is 10.8 Å². The number of ether oxygens (including phenoxy) is 1. The van der Waals surface area contributed by atoms with Gasteiger partial charge in [-0.05, 0) is 24.3 Å². The minimum absolute atomic E-state index is 0.0316. The Balaban J connectivity index is 1.41. The summed E-state index contributed by atoms with van der Waals surface area (Å²) >= 11 is 1.24. The lowest BCUT2D eigenvalue weighted by Crippen LogP contribution is -2.25. The first-order valence-corrected chi connectivity index (χ1v) is 9.86. The van der Waals surface area contributed by atoms with E-state index in [2.05, 4.69) is 15.5 Å². The third kappa shape index (κ3) is 4.06. The SMILES string of the molecule is O=C(CSc1n[nH]c(=O)n1C[C@H]1CCCO1)Nc1cccc2ccccc12. The molecule has 1 amide bonds. The number of aromatic amines is 1. The van der Waals surface area contributed by atoms with E-state index in [1.54, 1.807) is 4.57 Å². The van der Waals surface area contributed by atoms with Gasteiger partial charge >= 0.3 is 5.69 Å². The molecule has 4 rings (SSSR count). The molecule has 7 nitrogen and oxygen atoms in total. The van der Waals surface area contributed by atoms with Crippen molar-refractivity contribution in [2.45, 2.75) is 30.6 Å². The fraction of sp³-hybridized carbons (Fsp3) is 0.316. The van der Waals surface area contributed by atoms with Crippen LogP contribution in [0.4, 0.5) is 5.69 Å². The van der Waals surface area contributed by atoms with Gasteiger partial charge in [0.05, 0.1) is 18.4 Å². The molecular formula is C19H20N4O3S. The van der Waals surface area contributed by atoms with E-state index in [0.29, 0.717) is 11.7 Å². The lowest BCUT2D eigenvalue weighted by molar-refractivity contribution is -0.113. The van der Waals surface area contributed by atoms with Crippen molar-refractivity contribution in [2.24, 2.45) is 0 Å². The summed E-state index contributed by atoms with van der Waals surface area (Å²) < 4.78 is 7.14. The molecule has 1 fully saturated rings. The van der Waals surface area contributed by atoms with E-state index in [9.17, 15) is 9.59 Å². The summed E-state index contributed by atoms with van der Waals surface area (Å²) in [5.74, 6) is 0.0226. The van der Waals surface area contributed by atoms with Gasteiger partial charge in [-0.1, -0.05) is 48.2 Å². The number of anilines is 1. The minimum atomic E-state index is -0.275. The summed E-state index contributed by atoms with van der Waals surface area (Å²) in [7, 11) is 0. The van der Waals surface area contributed by atoms with Gasteiger partial charge in [0.25, 0.3) is 0 Å². The van der Waals surface area contributed by atoms with E-state index in [1.807, 2.05) is 42.5 Å². The molecule has 3 aromatic rings. The summed E-state index contributed by atoms with van der Waals surface area (Å²) in [5, 5.41) is 12.0. The zero-order valence-corrected chi connectivity index (χ0v) is 15.5. The van der Waals surface area contributed by atoms with Crippen molar-refractivity contribution < 1.29 is 9.53 Å². The maximum Gasteiger partial charge on any atom is 0.344 e. The van der Waals surface area contributed by atoms with Crippen molar-refractivity contribution in [3.05, 3.63) is 52.9 Å². The number of aromatic nitrogens is 3. The Morgan fingerprint density at radius 3 is 3.00 bits per heavy atom. The van der Waals surface area contributed by atoms with Crippen LogP contribution in [-0.4, -0.2) is 39.1 Å². The molecule has 0 radical (unpaired) electrons. The fourth-order valence-electron chi connectivity index (χ4n) is 3.22. The Bertz CT molecular complexity index is 1000. The number of amides is 1. The van der Waals surface area contributed by atoms with Gasteiger partial charge in [0.15, 0.2) is 5.16 Å². The molecule has 2 N–H and O–H groups in total. The summed E-state index contributed by atoms with van der Waals surface area (Å²) in [6.07, 6.45) is 1.97. The molecule has 1 aliphatic rings. The maximum absolute atomic E-state index is 12.4. The average Bonchev–Trinajstić information content (AvgIpc) is 3.32. The number of fused-ring (bicyclic) bond motifs is 1. The summed E-state index contributed by atoms with van der Waals surface area (Å²) in [5.41, 5.74) is 0.500. The second-order valence-corrected chi connectivity index (χ2v) is 7.36. The van der Waals surface area contributed by atoms with Gasteiger partial charge in [0.1, 0.15) is 0 Å². The van der Waals surface area contributed by atoms with E-state index < -0.39 is 0 Å². The van der Waals surface area contributed by atoms with Gasteiger partial charge in [-0.25, -0.2) is 9.89 Å². The third-order valence-electron chi connectivity index (χ3n) is 4.53. The first-order valence-electron chi connectivity index (χ1n) is 8.88. The molecule has 0 saturated carbocycles. The van der Waals surface area contributed by atoms with Crippen molar-refractivity contribution in [2.75, 3.05) is 17.7 Å². The van der Waals surface area contributed by atoms with Crippen LogP contribution < -0.4 is 11.0 Å². The van der Waals surface area contributed by atoms with Gasteiger partial charge in [-0.3, -0.25) is 9.36 Å². The Morgan fingerprint density at radius 1 is 1.30 bits per heavy atom. The van der Waals surface area contributed by atoms with E-state index in [0.717, 1.165) is 35.9 Å². The molecule has 27 heavy (non-hydrogen) atoms. The standard InChI is InChI=1S/C19H20N4O3S/c24-17(20-16-9-3-6-13-5-1-2-8-15(13)16)12-27-19-22-21-18(25)23(19)11-14-7-4-10-26-14/h1-3,5-6,8-9,14H,4,7,10-12H2,(H,20,24)(H,21,25)/t14-/m1/s1. The first-order chi connectivity index (χ1) is 13.2.